The highest BCUT2D eigenvalue weighted by atomic mass is 16.6. The average molecular weight is 456 g/mol. The molecule has 5 atom stereocenters. The predicted molar refractivity (Wildman–Crippen MR) is 132 cm³/mol. The summed E-state index contributed by atoms with van der Waals surface area (Å²) in [5.41, 5.74) is 1.44. The molecule has 0 aromatic heterocycles. The van der Waals surface area contributed by atoms with Crippen molar-refractivity contribution in [2.24, 2.45) is 0 Å². The molecule has 0 bridgehead atoms. The highest BCUT2D eigenvalue weighted by Crippen LogP contribution is 2.31. The minimum absolute atomic E-state index is 0.0130. The molecule has 182 valence electrons. The molecule has 0 saturated heterocycles. The van der Waals surface area contributed by atoms with Crippen molar-refractivity contribution in [3.63, 3.8) is 0 Å². The van der Waals surface area contributed by atoms with Gasteiger partial charge in [-0.2, -0.15) is 0 Å². The zero-order valence-electron chi connectivity index (χ0n) is 20.4. The SMILES string of the molecule is CCCCCC(C)(O)CO[C@H]1[C@H](NC)[C@@H](OCc2ccccc2)C[C@H]1OCc1ccccc1. The molecule has 2 aromatic carbocycles. The summed E-state index contributed by atoms with van der Waals surface area (Å²) in [6, 6.07) is 20.4. The second-order valence-corrected chi connectivity index (χ2v) is 9.45. The first-order valence-corrected chi connectivity index (χ1v) is 12.3. The van der Waals surface area contributed by atoms with Gasteiger partial charge in [-0.25, -0.2) is 0 Å². The fraction of sp³-hybridized carbons (Fsp3) is 0.571. The fourth-order valence-corrected chi connectivity index (χ4v) is 4.51. The van der Waals surface area contributed by atoms with Gasteiger partial charge in [0.25, 0.3) is 0 Å². The molecule has 1 saturated carbocycles. The molecule has 0 spiro atoms. The Morgan fingerprint density at radius 3 is 2.00 bits per heavy atom. The quantitative estimate of drug-likeness (QED) is 0.398. The lowest BCUT2D eigenvalue weighted by atomic mass is 9.99. The van der Waals surface area contributed by atoms with Crippen LogP contribution in [-0.2, 0) is 27.4 Å². The van der Waals surface area contributed by atoms with E-state index < -0.39 is 5.60 Å². The number of ether oxygens (including phenoxy) is 3. The number of hydrogen-bond acceptors (Lipinski definition) is 5. The Morgan fingerprint density at radius 1 is 0.879 bits per heavy atom. The van der Waals surface area contributed by atoms with Gasteiger partial charge in [0, 0.05) is 6.42 Å². The maximum absolute atomic E-state index is 10.9. The first-order valence-electron chi connectivity index (χ1n) is 12.3. The lowest BCUT2D eigenvalue weighted by Crippen LogP contribution is -2.47. The number of nitrogens with one attached hydrogen (secondary N) is 1. The Hall–Kier alpha value is -1.76. The zero-order chi connectivity index (χ0) is 23.5. The summed E-state index contributed by atoms with van der Waals surface area (Å²) in [5, 5.41) is 14.3. The van der Waals surface area contributed by atoms with E-state index in [9.17, 15) is 5.11 Å². The van der Waals surface area contributed by atoms with Crippen molar-refractivity contribution in [2.45, 2.75) is 89.1 Å². The van der Waals surface area contributed by atoms with E-state index in [0.717, 1.165) is 43.2 Å². The van der Waals surface area contributed by atoms with Gasteiger partial charge >= 0.3 is 0 Å². The summed E-state index contributed by atoms with van der Waals surface area (Å²) in [4.78, 5) is 0. The van der Waals surface area contributed by atoms with Crippen molar-refractivity contribution in [3.05, 3.63) is 71.8 Å². The highest BCUT2D eigenvalue weighted by Gasteiger charge is 2.45. The van der Waals surface area contributed by atoms with Crippen molar-refractivity contribution in [1.82, 2.24) is 5.32 Å². The van der Waals surface area contributed by atoms with Gasteiger partial charge < -0.3 is 24.6 Å². The molecule has 3 rings (SSSR count). The van der Waals surface area contributed by atoms with E-state index in [1.54, 1.807) is 0 Å². The molecule has 2 N–H and O–H groups in total. The van der Waals surface area contributed by atoms with E-state index in [0.29, 0.717) is 13.2 Å². The number of rotatable bonds is 14. The number of likely N-dealkylation sites (N-methyl/N-ethyl adjacent to an activating group) is 1. The molecule has 0 amide bonds. The van der Waals surface area contributed by atoms with Gasteiger partial charge in [0.05, 0.1) is 43.7 Å². The standard InChI is InChI=1S/C28H41NO4/c1-4-5-12-17-28(2,30)21-33-27-25(32-20-23-15-10-7-11-16-23)18-24(26(27)29-3)31-19-22-13-8-6-9-14-22/h6-11,13-16,24-27,29-30H,4-5,12,17-21H2,1-3H3/t24-,25+,26+,27+,28?/m0/s1. The van der Waals surface area contributed by atoms with Crippen molar-refractivity contribution in [2.75, 3.05) is 13.7 Å². The van der Waals surface area contributed by atoms with Crippen LogP contribution in [0.15, 0.2) is 60.7 Å². The predicted octanol–water partition coefficient (Wildman–Crippen LogP) is 4.87. The Labute approximate surface area is 199 Å². The van der Waals surface area contributed by atoms with E-state index in [-0.39, 0.29) is 31.0 Å². The van der Waals surface area contributed by atoms with E-state index in [2.05, 4.69) is 36.5 Å². The minimum Gasteiger partial charge on any atom is -0.388 e. The number of hydrogen-bond donors (Lipinski definition) is 2. The molecule has 1 unspecified atom stereocenters. The van der Waals surface area contributed by atoms with E-state index in [1.807, 2.05) is 50.4 Å². The number of unbranched alkanes of at least 4 members (excludes halogenated alkanes) is 2. The molecule has 0 heterocycles. The molecule has 1 aliphatic carbocycles. The van der Waals surface area contributed by atoms with E-state index in [1.165, 1.54) is 0 Å². The van der Waals surface area contributed by atoms with Crippen LogP contribution in [-0.4, -0.2) is 48.7 Å². The van der Waals surface area contributed by atoms with Gasteiger partial charge in [0.2, 0.25) is 0 Å². The van der Waals surface area contributed by atoms with Gasteiger partial charge in [-0.3, -0.25) is 0 Å². The molecule has 5 heteroatoms. The molecule has 2 aromatic rings. The van der Waals surface area contributed by atoms with Crippen molar-refractivity contribution < 1.29 is 19.3 Å². The molecule has 0 radical (unpaired) electrons. The van der Waals surface area contributed by atoms with Crippen molar-refractivity contribution in [3.8, 4) is 0 Å². The molecule has 1 aliphatic rings. The first kappa shape index (κ1) is 25.9. The van der Waals surface area contributed by atoms with Crippen LogP contribution in [0.3, 0.4) is 0 Å². The third kappa shape index (κ3) is 8.20. The van der Waals surface area contributed by atoms with Crippen LogP contribution in [0.4, 0.5) is 0 Å². The number of aliphatic hydroxyl groups is 1. The number of benzene rings is 2. The lowest BCUT2D eigenvalue weighted by molar-refractivity contribution is -0.116. The van der Waals surface area contributed by atoms with Crippen LogP contribution in [0.25, 0.3) is 0 Å². The summed E-state index contributed by atoms with van der Waals surface area (Å²) in [7, 11) is 1.94. The summed E-state index contributed by atoms with van der Waals surface area (Å²) < 4.78 is 19.1. The molecule has 0 aliphatic heterocycles. The summed E-state index contributed by atoms with van der Waals surface area (Å²) in [5.74, 6) is 0. The van der Waals surface area contributed by atoms with Gasteiger partial charge in [0.1, 0.15) is 6.10 Å². The van der Waals surface area contributed by atoms with Crippen LogP contribution in [0, 0.1) is 0 Å². The van der Waals surface area contributed by atoms with E-state index in [4.69, 9.17) is 14.2 Å². The maximum Gasteiger partial charge on any atom is 0.102 e. The maximum atomic E-state index is 10.9. The third-order valence-corrected chi connectivity index (χ3v) is 6.44. The molecule has 5 nitrogen and oxygen atoms in total. The van der Waals surface area contributed by atoms with Gasteiger partial charge in [-0.05, 0) is 31.5 Å². The monoisotopic (exact) mass is 455 g/mol. The Bertz CT molecular complexity index is 783. The normalized spacial score (nSPS) is 24.6. The largest absolute Gasteiger partial charge is 0.388 e. The topological polar surface area (TPSA) is 60.0 Å². The molecular formula is C28H41NO4. The van der Waals surface area contributed by atoms with Gasteiger partial charge in [-0.1, -0.05) is 86.8 Å². The molecule has 33 heavy (non-hydrogen) atoms. The summed E-state index contributed by atoms with van der Waals surface area (Å²) in [6.07, 6.45) is 4.39. The Balaban J connectivity index is 1.65. The van der Waals surface area contributed by atoms with Crippen LogP contribution in [0.2, 0.25) is 0 Å². The summed E-state index contributed by atoms with van der Waals surface area (Å²) >= 11 is 0. The Morgan fingerprint density at radius 2 is 1.45 bits per heavy atom. The van der Waals surface area contributed by atoms with Crippen molar-refractivity contribution in [1.29, 1.82) is 0 Å². The fourth-order valence-electron chi connectivity index (χ4n) is 4.51. The second-order valence-electron chi connectivity index (χ2n) is 9.45. The third-order valence-electron chi connectivity index (χ3n) is 6.44. The molecule has 1 fully saturated rings. The van der Waals surface area contributed by atoms with Gasteiger partial charge in [0.15, 0.2) is 0 Å². The first-order chi connectivity index (χ1) is 16.0. The zero-order valence-corrected chi connectivity index (χ0v) is 20.4. The highest BCUT2D eigenvalue weighted by molar-refractivity contribution is 5.15. The summed E-state index contributed by atoms with van der Waals surface area (Å²) in [6.45, 7) is 5.41. The lowest BCUT2D eigenvalue weighted by Gasteiger charge is -2.31. The average Bonchev–Trinajstić information content (AvgIpc) is 3.18. The molecular weight excluding hydrogens is 414 g/mol. The van der Waals surface area contributed by atoms with E-state index >= 15 is 0 Å². The van der Waals surface area contributed by atoms with Crippen LogP contribution in [0.1, 0.15) is 57.1 Å². The van der Waals surface area contributed by atoms with Crippen LogP contribution in [0.5, 0.6) is 0 Å². The Kier molecular flexibility index (Phi) is 10.4. The van der Waals surface area contributed by atoms with Crippen LogP contribution < -0.4 is 5.32 Å². The minimum atomic E-state index is -0.847. The van der Waals surface area contributed by atoms with Crippen molar-refractivity contribution >= 4 is 0 Å². The second kappa shape index (κ2) is 13.2. The smallest absolute Gasteiger partial charge is 0.102 e. The van der Waals surface area contributed by atoms with Gasteiger partial charge in [-0.15, -0.1) is 0 Å². The van der Waals surface area contributed by atoms with Crippen LogP contribution >= 0.6 is 0 Å².